The normalized spacial score (nSPS) is 26.1. The number of hydrogen-bond acceptors (Lipinski definition) is 2. The number of halogens is 1. The van der Waals surface area contributed by atoms with E-state index in [1.165, 1.54) is 12.1 Å². The van der Waals surface area contributed by atoms with Crippen molar-refractivity contribution in [2.24, 2.45) is 11.8 Å². The molecule has 0 aliphatic carbocycles. The van der Waals surface area contributed by atoms with Gasteiger partial charge < -0.3 is 5.11 Å². The van der Waals surface area contributed by atoms with Crippen LogP contribution >= 0.6 is 0 Å². The summed E-state index contributed by atoms with van der Waals surface area (Å²) >= 11 is 0. The molecular formula is C15H20FNO2. The molecule has 4 heteroatoms. The molecule has 1 fully saturated rings. The second kappa shape index (κ2) is 5.70. The maximum absolute atomic E-state index is 13.3. The predicted molar refractivity (Wildman–Crippen MR) is 71.3 cm³/mol. The second-order valence-electron chi connectivity index (χ2n) is 5.56. The van der Waals surface area contributed by atoms with Crippen LogP contribution in [-0.2, 0) is 4.79 Å². The summed E-state index contributed by atoms with van der Waals surface area (Å²) in [5.41, 5.74) is 0.901. The first-order valence-corrected chi connectivity index (χ1v) is 6.69. The van der Waals surface area contributed by atoms with Crippen LogP contribution in [0.3, 0.4) is 0 Å². The van der Waals surface area contributed by atoms with Crippen molar-refractivity contribution < 1.29 is 14.3 Å². The largest absolute Gasteiger partial charge is 0.481 e. The Morgan fingerprint density at radius 2 is 2.21 bits per heavy atom. The van der Waals surface area contributed by atoms with Crippen molar-refractivity contribution in [1.29, 1.82) is 0 Å². The molecule has 3 atom stereocenters. The highest BCUT2D eigenvalue weighted by Gasteiger charge is 2.31. The van der Waals surface area contributed by atoms with Crippen molar-refractivity contribution in [3.8, 4) is 0 Å². The van der Waals surface area contributed by atoms with Gasteiger partial charge in [0.1, 0.15) is 5.82 Å². The third kappa shape index (κ3) is 3.32. The number of benzene rings is 1. The number of piperidine rings is 1. The van der Waals surface area contributed by atoms with Gasteiger partial charge in [-0.15, -0.1) is 0 Å². The molecule has 3 nitrogen and oxygen atoms in total. The standard InChI is InChI=1S/C15H20FNO2/c1-10-6-13(15(18)19)9-17(8-10)11(2)12-4-3-5-14(16)7-12/h3-5,7,10-11,13H,6,8-9H2,1-2H3,(H,18,19). The molecule has 1 aromatic rings. The third-order valence-corrected chi connectivity index (χ3v) is 3.92. The van der Waals surface area contributed by atoms with E-state index in [2.05, 4.69) is 11.8 Å². The van der Waals surface area contributed by atoms with Gasteiger partial charge in [-0.05, 0) is 37.0 Å². The molecule has 0 aromatic heterocycles. The molecule has 0 bridgehead atoms. The molecule has 0 saturated carbocycles. The zero-order chi connectivity index (χ0) is 14.0. The highest BCUT2D eigenvalue weighted by molar-refractivity contribution is 5.70. The van der Waals surface area contributed by atoms with E-state index < -0.39 is 5.97 Å². The van der Waals surface area contributed by atoms with E-state index in [0.717, 1.165) is 18.5 Å². The quantitative estimate of drug-likeness (QED) is 0.913. The summed E-state index contributed by atoms with van der Waals surface area (Å²) in [6.07, 6.45) is 0.724. The van der Waals surface area contributed by atoms with Crippen LogP contribution in [0.1, 0.15) is 31.9 Å². The lowest BCUT2D eigenvalue weighted by molar-refractivity contribution is -0.144. The molecular weight excluding hydrogens is 245 g/mol. The first-order chi connectivity index (χ1) is 8.97. The first-order valence-electron chi connectivity index (χ1n) is 6.69. The average molecular weight is 265 g/mol. The Bertz CT molecular complexity index is 463. The zero-order valence-electron chi connectivity index (χ0n) is 11.3. The van der Waals surface area contributed by atoms with Gasteiger partial charge in [0.15, 0.2) is 0 Å². The highest BCUT2D eigenvalue weighted by Crippen LogP contribution is 2.29. The highest BCUT2D eigenvalue weighted by atomic mass is 19.1. The van der Waals surface area contributed by atoms with Crippen molar-refractivity contribution >= 4 is 5.97 Å². The monoisotopic (exact) mass is 265 g/mol. The SMILES string of the molecule is CC1CC(C(=O)O)CN(C(C)c2cccc(F)c2)C1. The Hall–Kier alpha value is -1.42. The Kier molecular flexibility index (Phi) is 4.20. The number of likely N-dealkylation sites (tertiary alicyclic amines) is 1. The number of hydrogen-bond donors (Lipinski definition) is 1. The van der Waals surface area contributed by atoms with Gasteiger partial charge in [0.2, 0.25) is 0 Å². The predicted octanol–water partition coefficient (Wildman–Crippen LogP) is 2.93. The molecule has 1 aromatic carbocycles. The first kappa shape index (κ1) is 14.0. The molecule has 1 aliphatic rings. The van der Waals surface area contributed by atoms with Gasteiger partial charge in [0.05, 0.1) is 5.92 Å². The number of rotatable bonds is 3. The maximum Gasteiger partial charge on any atom is 0.307 e. The van der Waals surface area contributed by atoms with E-state index in [4.69, 9.17) is 0 Å². The lowest BCUT2D eigenvalue weighted by Gasteiger charge is -2.38. The molecule has 1 heterocycles. The molecule has 1 saturated heterocycles. The van der Waals surface area contributed by atoms with Gasteiger partial charge in [0.25, 0.3) is 0 Å². The topological polar surface area (TPSA) is 40.5 Å². The van der Waals surface area contributed by atoms with Crippen LogP contribution in [0.2, 0.25) is 0 Å². The van der Waals surface area contributed by atoms with E-state index in [1.807, 2.05) is 13.0 Å². The molecule has 1 N–H and O–H groups in total. The Morgan fingerprint density at radius 1 is 1.47 bits per heavy atom. The summed E-state index contributed by atoms with van der Waals surface area (Å²) in [6.45, 7) is 5.48. The van der Waals surface area contributed by atoms with E-state index in [1.54, 1.807) is 6.07 Å². The summed E-state index contributed by atoms with van der Waals surface area (Å²) in [5.74, 6) is -0.946. The van der Waals surface area contributed by atoms with E-state index in [9.17, 15) is 14.3 Å². The van der Waals surface area contributed by atoms with Gasteiger partial charge >= 0.3 is 5.97 Å². The summed E-state index contributed by atoms with van der Waals surface area (Å²) in [6, 6.07) is 6.58. The lowest BCUT2D eigenvalue weighted by atomic mass is 9.89. The number of aliphatic carboxylic acids is 1. The molecule has 19 heavy (non-hydrogen) atoms. The van der Waals surface area contributed by atoms with Crippen molar-refractivity contribution in [3.63, 3.8) is 0 Å². The fourth-order valence-corrected chi connectivity index (χ4v) is 2.87. The summed E-state index contributed by atoms with van der Waals surface area (Å²) in [5, 5.41) is 9.18. The number of carbonyl (C=O) groups is 1. The van der Waals surface area contributed by atoms with Crippen molar-refractivity contribution in [2.45, 2.75) is 26.3 Å². The zero-order valence-corrected chi connectivity index (χ0v) is 11.3. The average Bonchev–Trinajstić information content (AvgIpc) is 2.37. The minimum Gasteiger partial charge on any atom is -0.481 e. The Balaban J connectivity index is 2.14. The van der Waals surface area contributed by atoms with Crippen molar-refractivity contribution in [1.82, 2.24) is 4.90 Å². The molecule has 0 amide bonds. The van der Waals surface area contributed by atoms with E-state index >= 15 is 0 Å². The molecule has 3 unspecified atom stereocenters. The molecule has 1 aliphatic heterocycles. The fourth-order valence-electron chi connectivity index (χ4n) is 2.87. The number of carboxylic acid groups (broad SMARTS) is 1. The Morgan fingerprint density at radius 3 is 2.84 bits per heavy atom. The van der Waals surface area contributed by atoms with Gasteiger partial charge in [-0.1, -0.05) is 19.1 Å². The summed E-state index contributed by atoms with van der Waals surface area (Å²) < 4.78 is 13.3. The molecule has 0 radical (unpaired) electrons. The van der Waals surface area contributed by atoms with Gasteiger partial charge in [-0.3, -0.25) is 9.69 Å². The van der Waals surface area contributed by atoms with Crippen LogP contribution in [0.4, 0.5) is 4.39 Å². The minimum absolute atomic E-state index is 0.0419. The van der Waals surface area contributed by atoms with Crippen LogP contribution in [0, 0.1) is 17.7 Å². The van der Waals surface area contributed by atoms with Gasteiger partial charge in [-0.25, -0.2) is 4.39 Å². The summed E-state index contributed by atoms with van der Waals surface area (Å²) in [7, 11) is 0. The summed E-state index contributed by atoms with van der Waals surface area (Å²) in [4.78, 5) is 13.3. The van der Waals surface area contributed by atoms with Crippen molar-refractivity contribution in [3.05, 3.63) is 35.6 Å². The maximum atomic E-state index is 13.3. The van der Waals surface area contributed by atoms with E-state index in [0.29, 0.717) is 12.5 Å². The third-order valence-electron chi connectivity index (χ3n) is 3.92. The number of carboxylic acids is 1. The second-order valence-corrected chi connectivity index (χ2v) is 5.56. The van der Waals surface area contributed by atoms with Crippen LogP contribution < -0.4 is 0 Å². The van der Waals surface area contributed by atoms with Crippen LogP contribution in [0.15, 0.2) is 24.3 Å². The van der Waals surface area contributed by atoms with Crippen LogP contribution in [-0.4, -0.2) is 29.1 Å². The fraction of sp³-hybridized carbons (Fsp3) is 0.533. The van der Waals surface area contributed by atoms with Crippen molar-refractivity contribution in [2.75, 3.05) is 13.1 Å². The van der Waals surface area contributed by atoms with Crippen LogP contribution in [0.25, 0.3) is 0 Å². The minimum atomic E-state index is -0.733. The molecule has 0 spiro atoms. The van der Waals surface area contributed by atoms with Crippen LogP contribution in [0.5, 0.6) is 0 Å². The van der Waals surface area contributed by atoms with Gasteiger partial charge in [-0.2, -0.15) is 0 Å². The van der Waals surface area contributed by atoms with Gasteiger partial charge in [0, 0.05) is 19.1 Å². The number of nitrogens with zero attached hydrogens (tertiary/aromatic N) is 1. The van der Waals surface area contributed by atoms with E-state index in [-0.39, 0.29) is 17.8 Å². The smallest absolute Gasteiger partial charge is 0.307 e. The lowest BCUT2D eigenvalue weighted by Crippen LogP contribution is -2.43. The molecule has 104 valence electrons. The molecule has 2 rings (SSSR count). The Labute approximate surface area is 113 Å².